The molecular weight excluding hydrogens is 200 g/mol. The first-order chi connectivity index (χ1) is 7.66. The third-order valence-corrected chi connectivity index (χ3v) is 3.03. The second-order valence-corrected chi connectivity index (χ2v) is 4.51. The van der Waals surface area contributed by atoms with E-state index < -0.39 is 0 Å². The molecule has 88 valence electrons. The maximum atomic E-state index is 5.83. The summed E-state index contributed by atoms with van der Waals surface area (Å²) in [5, 5.41) is 0. The first-order valence-electron chi connectivity index (χ1n) is 5.89. The topological polar surface area (TPSA) is 38.5 Å². The van der Waals surface area contributed by atoms with Crippen LogP contribution in [0.2, 0.25) is 0 Å². The lowest BCUT2D eigenvalue weighted by atomic mass is 10.1. The van der Waals surface area contributed by atoms with E-state index >= 15 is 0 Å². The Kier molecular flexibility index (Phi) is 3.46. The lowest BCUT2D eigenvalue weighted by Gasteiger charge is -2.33. The van der Waals surface area contributed by atoms with Crippen LogP contribution < -0.4 is 10.6 Å². The second-order valence-electron chi connectivity index (χ2n) is 4.51. The van der Waals surface area contributed by atoms with E-state index in [0.29, 0.717) is 6.10 Å². The van der Waals surface area contributed by atoms with Gasteiger partial charge in [-0.05, 0) is 31.5 Å². The molecule has 1 aromatic carbocycles. The summed E-state index contributed by atoms with van der Waals surface area (Å²) in [4.78, 5) is 2.36. The second kappa shape index (κ2) is 4.85. The van der Waals surface area contributed by atoms with Crippen LogP contribution >= 0.6 is 0 Å². The zero-order chi connectivity index (χ0) is 11.5. The molecule has 3 heteroatoms. The third kappa shape index (κ3) is 2.54. The number of rotatable bonds is 2. The normalized spacial score (nSPS) is 23.2. The van der Waals surface area contributed by atoms with Gasteiger partial charge in [0.25, 0.3) is 0 Å². The van der Waals surface area contributed by atoms with Gasteiger partial charge in [0.2, 0.25) is 0 Å². The van der Waals surface area contributed by atoms with E-state index in [9.17, 15) is 0 Å². The molecule has 1 saturated heterocycles. The molecule has 1 aromatic rings. The Hall–Kier alpha value is -1.06. The van der Waals surface area contributed by atoms with Gasteiger partial charge in [-0.2, -0.15) is 0 Å². The Bertz CT molecular complexity index is 334. The maximum absolute atomic E-state index is 5.83. The molecule has 1 fully saturated rings. The molecule has 0 aromatic heterocycles. The van der Waals surface area contributed by atoms with E-state index in [2.05, 4.69) is 36.1 Å². The summed E-state index contributed by atoms with van der Waals surface area (Å²) in [7, 11) is 0. The minimum Gasteiger partial charge on any atom is -0.375 e. The quantitative estimate of drug-likeness (QED) is 0.827. The molecule has 1 aliphatic rings. The summed E-state index contributed by atoms with van der Waals surface area (Å²) >= 11 is 0. The zero-order valence-corrected chi connectivity index (χ0v) is 10.0. The van der Waals surface area contributed by atoms with Crippen LogP contribution in [-0.2, 0) is 4.74 Å². The van der Waals surface area contributed by atoms with Gasteiger partial charge in [0.1, 0.15) is 0 Å². The minimum absolute atomic E-state index is 0.109. The SMILES string of the molecule is CC1CN(c2ccc([C@@H](C)N)cc2)CCO1. The van der Waals surface area contributed by atoms with Crippen molar-refractivity contribution in [3.8, 4) is 0 Å². The summed E-state index contributed by atoms with van der Waals surface area (Å²) in [5.41, 5.74) is 8.28. The van der Waals surface area contributed by atoms with Crippen molar-refractivity contribution in [1.82, 2.24) is 0 Å². The first kappa shape index (κ1) is 11.4. The van der Waals surface area contributed by atoms with Crippen molar-refractivity contribution in [3.63, 3.8) is 0 Å². The highest BCUT2D eigenvalue weighted by Gasteiger charge is 2.16. The van der Waals surface area contributed by atoms with Gasteiger partial charge in [-0.3, -0.25) is 0 Å². The van der Waals surface area contributed by atoms with E-state index in [-0.39, 0.29) is 6.04 Å². The molecule has 0 radical (unpaired) electrons. The molecule has 1 heterocycles. The molecule has 0 amide bonds. The fraction of sp³-hybridized carbons (Fsp3) is 0.538. The fourth-order valence-electron chi connectivity index (χ4n) is 2.04. The Balaban J connectivity index is 2.09. The summed E-state index contributed by atoms with van der Waals surface area (Å²) < 4.78 is 5.53. The van der Waals surface area contributed by atoms with Gasteiger partial charge in [-0.15, -0.1) is 0 Å². The molecule has 2 atom stereocenters. The van der Waals surface area contributed by atoms with E-state index in [1.807, 2.05) is 6.92 Å². The summed E-state index contributed by atoms with van der Waals surface area (Å²) in [6.45, 7) is 6.88. The largest absolute Gasteiger partial charge is 0.375 e. The predicted molar refractivity (Wildman–Crippen MR) is 66.7 cm³/mol. The molecule has 2 rings (SSSR count). The molecule has 1 aliphatic heterocycles. The highest BCUT2D eigenvalue weighted by Crippen LogP contribution is 2.20. The predicted octanol–water partition coefficient (Wildman–Crippen LogP) is 1.93. The van der Waals surface area contributed by atoms with Crippen molar-refractivity contribution in [2.45, 2.75) is 26.0 Å². The van der Waals surface area contributed by atoms with Gasteiger partial charge in [-0.25, -0.2) is 0 Å². The monoisotopic (exact) mass is 220 g/mol. The average molecular weight is 220 g/mol. The molecule has 0 bridgehead atoms. The highest BCUT2D eigenvalue weighted by atomic mass is 16.5. The Morgan fingerprint density at radius 3 is 2.62 bits per heavy atom. The standard InChI is InChI=1S/C13H20N2O/c1-10-9-15(7-8-16-10)13-5-3-12(4-6-13)11(2)14/h3-6,10-11H,7-9,14H2,1-2H3/t10?,11-/m1/s1. The highest BCUT2D eigenvalue weighted by molar-refractivity contribution is 5.48. The van der Waals surface area contributed by atoms with Crippen molar-refractivity contribution in [3.05, 3.63) is 29.8 Å². The van der Waals surface area contributed by atoms with Crippen LogP contribution in [-0.4, -0.2) is 25.8 Å². The van der Waals surface area contributed by atoms with E-state index in [1.165, 1.54) is 11.3 Å². The number of nitrogens with zero attached hydrogens (tertiary/aromatic N) is 1. The van der Waals surface area contributed by atoms with Crippen LogP contribution in [0.3, 0.4) is 0 Å². The van der Waals surface area contributed by atoms with Crippen LogP contribution in [0, 0.1) is 0 Å². The lowest BCUT2D eigenvalue weighted by molar-refractivity contribution is 0.0532. The van der Waals surface area contributed by atoms with Crippen molar-refractivity contribution >= 4 is 5.69 Å². The van der Waals surface area contributed by atoms with Gasteiger partial charge in [-0.1, -0.05) is 12.1 Å². The minimum atomic E-state index is 0.109. The smallest absolute Gasteiger partial charge is 0.0722 e. The Labute approximate surface area is 97.2 Å². The zero-order valence-electron chi connectivity index (χ0n) is 10.0. The van der Waals surface area contributed by atoms with Crippen LogP contribution in [0.15, 0.2) is 24.3 Å². The molecule has 3 nitrogen and oxygen atoms in total. The van der Waals surface area contributed by atoms with Gasteiger partial charge in [0.05, 0.1) is 12.7 Å². The Morgan fingerprint density at radius 1 is 1.38 bits per heavy atom. The number of anilines is 1. The van der Waals surface area contributed by atoms with Crippen LogP contribution in [0.5, 0.6) is 0 Å². The fourth-order valence-corrected chi connectivity index (χ4v) is 2.04. The summed E-state index contributed by atoms with van der Waals surface area (Å²) in [6.07, 6.45) is 0.321. The van der Waals surface area contributed by atoms with Gasteiger partial charge >= 0.3 is 0 Å². The summed E-state index contributed by atoms with van der Waals surface area (Å²) in [6, 6.07) is 8.63. The van der Waals surface area contributed by atoms with Crippen LogP contribution in [0.4, 0.5) is 5.69 Å². The molecule has 0 spiro atoms. The lowest BCUT2D eigenvalue weighted by Crippen LogP contribution is -2.41. The number of nitrogens with two attached hydrogens (primary N) is 1. The number of hydrogen-bond donors (Lipinski definition) is 1. The Morgan fingerprint density at radius 2 is 2.06 bits per heavy atom. The molecule has 2 N–H and O–H groups in total. The number of benzene rings is 1. The first-order valence-corrected chi connectivity index (χ1v) is 5.89. The van der Waals surface area contributed by atoms with Gasteiger partial charge < -0.3 is 15.4 Å². The molecule has 0 aliphatic carbocycles. The van der Waals surface area contributed by atoms with Crippen molar-refractivity contribution in [2.75, 3.05) is 24.6 Å². The van der Waals surface area contributed by atoms with Crippen molar-refractivity contribution in [2.24, 2.45) is 5.73 Å². The summed E-state index contributed by atoms with van der Waals surface area (Å²) in [5.74, 6) is 0. The third-order valence-electron chi connectivity index (χ3n) is 3.03. The molecule has 0 saturated carbocycles. The number of morpholine rings is 1. The molecule has 1 unspecified atom stereocenters. The van der Waals surface area contributed by atoms with Crippen molar-refractivity contribution in [1.29, 1.82) is 0 Å². The maximum Gasteiger partial charge on any atom is 0.0722 e. The van der Waals surface area contributed by atoms with Crippen molar-refractivity contribution < 1.29 is 4.74 Å². The molecule has 16 heavy (non-hydrogen) atoms. The molecular formula is C13H20N2O. The average Bonchev–Trinajstić information content (AvgIpc) is 2.29. The van der Waals surface area contributed by atoms with Gasteiger partial charge in [0.15, 0.2) is 0 Å². The van der Waals surface area contributed by atoms with E-state index in [0.717, 1.165) is 19.7 Å². The van der Waals surface area contributed by atoms with Crippen LogP contribution in [0.25, 0.3) is 0 Å². The van der Waals surface area contributed by atoms with E-state index in [4.69, 9.17) is 10.5 Å². The number of hydrogen-bond acceptors (Lipinski definition) is 3. The number of ether oxygens (including phenoxy) is 1. The van der Waals surface area contributed by atoms with Crippen LogP contribution in [0.1, 0.15) is 25.5 Å². The van der Waals surface area contributed by atoms with E-state index in [1.54, 1.807) is 0 Å². The van der Waals surface area contributed by atoms with Gasteiger partial charge in [0, 0.05) is 24.8 Å².